The van der Waals surface area contributed by atoms with Crippen molar-refractivity contribution in [2.24, 2.45) is 0 Å². The number of benzene rings is 1. The Labute approximate surface area is 142 Å². The van der Waals surface area contributed by atoms with E-state index in [4.69, 9.17) is 0 Å². The molecule has 0 N–H and O–H groups in total. The van der Waals surface area contributed by atoms with Crippen molar-refractivity contribution in [2.45, 2.75) is 38.0 Å². The van der Waals surface area contributed by atoms with Gasteiger partial charge in [0.15, 0.2) is 5.16 Å². The molecule has 4 nitrogen and oxygen atoms in total. The summed E-state index contributed by atoms with van der Waals surface area (Å²) in [6.07, 6.45) is 2.59. The van der Waals surface area contributed by atoms with Crippen molar-refractivity contribution in [1.82, 2.24) is 19.7 Å². The SMILES string of the molecule is C=C(C)CSc1nnc(CN2CCCC2)n1Cc1ccccc1. The third kappa shape index (κ3) is 4.45. The highest BCUT2D eigenvalue weighted by atomic mass is 32.2. The van der Waals surface area contributed by atoms with Gasteiger partial charge in [0.1, 0.15) is 5.82 Å². The van der Waals surface area contributed by atoms with Crippen LogP contribution in [0.25, 0.3) is 0 Å². The van der Waals surface area contributed by atoms with Crippen LogP contribution in [0.4, 0.5) is 0 Å². The zero-order chi connectivity index (χ0) is 16.1. The van der Waals surface area contributed by atoms with Crippen LogP contribution in [0.3, 0.4) is 0 Å². The Balaban J connectivity index is 1.81. The van der Waals surface area contributed by atoms with E-state index >= 15 is 0 Å². The summed E-state index contributed by atoms with van der Waals surface area (Å²) in [6, 6.07) is 10.5. The summed E-state index contributed by atoms with van der Waals surface area (Å²) >= 11 is 1.72. The first-order valence-corrected chi connectivity index (χ1v) is 9.16. The van der Waals surface area contributed by atoms with E-state index in [1.807, 2.05) is 0 Å². The Hall–Kier alpha value is -1.59. The summed E-state index contributed by atoms with van der Waals surface area (Å²) in [5.41, 5.74) is 2.44. The van der Waals surface area contributed by atoms with Crippen molar-refractivity contribution >= 4 is 11.8 Å². The molecule has 1 aliphatic heterocycles. The van der Waals surface area contributed by atoms with E-state index in [-0.39, 0.29) is 0 Å². The van der Waals surface area contributed by atoms with Crippen molar-refractivity contribution in [2.75, 3.05) is 18.8 Å². The molecule has 1 saturated heterocycles. The Morgan fingerprint density at radius 3 is 2.57 bits per heavy atom. The van der Waals surface area contributed by atoms with Crippen molar-refractivity contribution in [3.63, 3.8) is 0 Å². The highest BCUT2D eigenvalue weighted by Gasteiger charge is 2.18. The number of nitrogens with zero attached hydrogens (tertiary/aromatic N) is 4. The second-order valence-corrected chi connectivity index (χ2v) is 7.14. The van der Waals surface area contributed by atoms with E-state index in [0.29, 0.717) is 0 Å². The van der Waals surface area contributed by atoms with Gasteiger partial charge >= 0.3 is 0 Å². The maximum atomic E-state index is 4.47. The van der Waals surface area contributed by atoms with E-state index in [9.17, 15) is 0 Å². The molecule has 122 valence electrons. The molecule has 23 heavy (non-hydrogen) atoms. The van der Waals surface area contributed by atoms with E-state index < -0.39 is 0 Å². The van der Waals surface area contributed by atoms with Crippen LogP contribution in [-0.4, -0.2) is 38.5 Å². The van der Waals surface area contributed by atoms with Crippen LogP contribution in [-0.2, 0) is 13.1 Å². The fourth-order valence-corrected chi connectivity index (χ4v) is 3.60. The van der Waals surface area contributed by atoms with Crippen LogP contribution in [0.1, 0.15) is 31.2 Å². The van der Waals surface area contributed by atoms with E-state index in [1.165, 1.54) is 31.5 Å². The molecule has 0 bridgehead atoms. The van der Waals surface area contributed by atoms with Crippen LogP contribution in [0.15, 0.2) is 47.6 Å². The molecular formula is C18H24N4S. The minimum absolute atomic E-state index is 0.829. The minimum atomic E-state index is 0.829. The Morgan fingerprint density at radius 2 is 1.87 bits per heavy atom. The predicted molar refractivity (Wildman–Crippen MR) is 95.6 cm³/mol. The van der Waals surface area contributed by atoms with Crippen LogP contribution < -0.4 is 0 Å². The Kier molecular flexibility index (Phi) is 5.51. The highest BCUT2D eigenvalue weighted by molar-refractivity contribution is 7.99. The van der Waals surface area contributed by atoms with E-state index in [0.717, 1.165) is 35.4 Å². The minimum Gasteiger partial charge on any atom is -0.300 e. The molecule has 0 saturated carbocycles. The Morgan fingerprint density at radius 1 is 1.13 bits per heavy atom. The van der Waals surface area contributed by atoms with Crippen LogP contribution in [0.5, 0.6) is 0 Å². The van der Waals surface area contributed by atoms with Crippen LogP contribution >= 0.6 is 11.8 Å². The average Bonchev–Trinajstić information content (AvgIpc) is 3.18. The topological polar surface area (TPSA) is 34.0 Å². The van der Waals surface area contributed by atoms with E-state index in [1.54, 1.807) is 11.8 Å². The van der Waals surface area contributed by atoms with Gasteiger partial charge in [-0.1, -0.05) is 54.2 Å². The molecule has 2 aromatic rings. The molecular weight excluding hydrogens is 304 g/mol. The molecule has 1 fully saturated rings. The van der Waals surface area contributed by atoms with Gasteiger partial charge in [0.25, 0.3) is 0 Å². The fourth-order valence-electron chi connectivity index (χ4n) is 2.80. The molecule has 1 aromatic heterocycles. The van der Waals surface area contributed by atoms with Crippen LogP contribution in [0, 0.1) is 0 Å². The lowest BCUT2D eigenvalue weighted by atomic mass is 10.2. The van der Waals surface area contributed by atoms with Gasteiger partial charge < -0.3 is 4.57 Å². The molecule has 1 aromatic carbocycles. The second-order valence-electron chi connectivity index (χ2n) is 6.20. The summed E-state index contributed by atoms with van der Waals surface area (Å²) in [4.78, 5) is 2.47. The third-order valence-corrected chi connectivity index (χ3v) is 5.19. The number of aromatic nitrogens is 3. The number of rotatable bonds is 7. The standard InChI is InChI=1S/C18H24N4S/c1-15(2)14-23-18-20-19-17(13-21-10-6-7-11-21)22(18)12-16-8-4-3-5-9-16/h3-5,8-9H,1,6-7,10-14H2,2H3. The number of hydrogen-bond donors (Lipinski definition) is 0. The first-order chi connectivity index (χ1) is 11.2. The summed E-state index contributed by atoms with van der Waals surface area (Å²) in [5.74, 6) is 1.95. The molecule has 1 aliphatic rings. The van der Waals surface area contributed by atoms with Gasteiger partial charge in [-0.05, 0) is 38.4 Å². The number of likely N-dealkylation sites (tertiary alicyclic amines) is 1. The van der Waals surface area contributed by atoms with Gasteiger partial charge in [-0.25, -0.2) is 0 Å². The summed E-state index contributed by atoms with van der Waals surface area (Å²) in [7, 11) is 0. The summed E-state index contributed by atoms with van der Waals surface area (Å²) in [6.45, 7) is 10.1. The number of hydrogen-bond acceptors (Lipinski definition) is 4. The first-order valence-electron chi connectivity index (χ1n) is 8.18. The second kappa shape index (κ2) is 7.79. The number of thioether (sulfide) groups is 1. The van der Waals surface area contributed by atoms with E-state index in [2.05, 4.69) is 63.5 Å². The van der Waals surface area contributed by atoms with Crippen molar-refractivity contribution < 1.29 is 0 Å². The van der Waals surface area contributed by atoms with Gasteiger partial charge in [-0.15, -0.1) is 10.2 Å². The lowest BCUT2D eigenvalue weighted by molar-refractivity contribution is 0.316. The monoisotopic (exact) mass is 328 g/mol. The molecule has 3 rings (SSSR count). The maximum Gasteiger partial charge on any atom is 0.191 e. The first kappa shape index (κ1) is 16.3. The van der Waals surface area contributed by atoms with Gasteiger partial charge in [0.05, 0.1) is 13.1 Å². The summed E-state index contributed by atoms with van der Waals surface area (Å²) in [5, 5.41) is 9.90. The van der Waals surface area contributed by atoms with Gasteiger partial charge in [-0.3, -0.25) is 4.90 Å². The van der Waals surface area contributed by atoms with Crippen molar-refractivity contribution in [3.8, 4) is 0 Å². The molecule has 0 spiro atoms. The lowest BCUT2D eigenvalue weighted by Gasteiger charge is -2.16. The molecule has 2 heterocycles. The third-order valence-electron chi connectivity index (χ3n) is 3.99. The average molecular weight is 328 g/mol. The van der Waals surface area contributed by atoms with Gasteiger partial charge in [-0.2, -0.15) is 0 Å². The molecule has 0 atom stereocenters. The molecule has 0 aliphatic carbocycles. The quantitative estimate of drug-likeness (QED) is 0.574. The molecule has 0 amide bonds. The zero-order valence-corrected chi connectivity index (χ0v) is 14.6. The van der Waals surface area contributed by atoms with Crippen LogP contribution in [0.2, 0.25) is 0 Å². The lowest BCUT2D eigenvalue weighted by Crippen LogP contribution is -2.21. The predicted octanol–water partition coefficient (Wildman–Crippen LogP) is 3.59. The molecule has 0 unspecified atom stereocenters. The molecule has 0 radical (unpaired) electrons. The Bertz CT molecular complexity index is 644. The summed E-state index contributed by atoms with van der Waals surface area (Å²) < 4.78 is 2.27. The zero-order valence-electron chi connectivity index (χ0n) is 13.7. The van der Waals surface area contributed by atoms with Gasteiger partial charge in [0, 0.05) is 5.75 Å². The molecule has 5 heteroatoms. The smallest absolute Gasteiger partial charge is 0.191 e. The normalized spacial score (nSPS) is 15.2. The van der Waals surface area contributed by atoms with Crippen molar-refractivity contribution in [1.29, 1.82) is 0 Å². The van der Waals surface area contributed by atoms with Crippen molar-refractivity contribution in [3.05, 3.63) is 53.9 Å². The van der Waals surface area contributed by atoms with Gasteiger partial charge in [0.2, 0.25) is 0 Å². The largest absolute Gasteiger partial charge is 0.300 e. The fraction of sp³-hybridized carbons (Fsp3) is 0.444. The highest BCUT2D eigenvalue weighted by Crippen LogP contribution is 2.22. The maximum absolute atomic E-state index is 4.47.